The van der Waals surface area contributed by atoms with Gasteiger partial charge in [0.1, 0.15) is 0 Å². The fourth-order valence-electron chi connectivity index (χ4n) is 8.43. The Morgan fingerprint density at radius 3 is 2.18 bits per heavy atom. The van der Waals surface area contributed by atoms with Crippen molar-refractivity contribution in [2.24, 2.45) is 23.2 Å². The van der Waals surface area contributed by atoms with Gasteiger partial charge in [-0.2, -0.15) is 0 Å². The molecule has 5 heteroatoms. The summed E-state index contributed by atoms with van der Waals surface area (Å²) in [5, 5.41) is 3.06. The van der Waals surface area contributed by atoms with Crippen molar-refractivity contribution in [3.05, 3.63) is 65.2 Å². The molecule has 5 nitrogen and oxygen atoms in total. The topological polar surface area (TPSA) is 44.8 Å². The summed E-state index contributed by atoms with van der Waals surface area (Å²) in [6, 6.07) is 16.7. The van der Waals surface area contributed by atoms with Crippen molar-refractivity contribution in [3.8, 4) is 11.8 Å². The van der Waals surface area contributed by atoms with Gasteiger partial charge in [0.15, 0.2) is 0 Å². The van der Waals surface area contributed by atoms with Gasteiger partial charge in [-0.25, -0.2) is 0 Å². The van der Waals surface area contributed by atoms with Crippen LogP contribution in [0.3, 0.4) is 0 Å². The Morgan fingerprint density at radius 1 is 0.897 bits per heavy atom. The van der Waals surface area contributed by atoms with E-state index in [0.717, 1.165) is 74.9 Å². The van der Waals surface area contributed by atoms with Gasteiger partial charge in [-0.1, -0.05) is 24.0 Å². The van der Waals surface area contributed by atoms with Crippen molar-refractivity contribution < 1.29 is 9.53 Å². The lowest BCUT2D eigenvalue weighted by molar-refractivity contribution is -0.0181. The third kappa shape index (κ3) is 5.66. The molecule has 2 saturated heterocycles. The highest BCUT2D eigenvalue weighted by molar-refractivity contribution is 6.04. The second-order valence-electron chi connectivity index (χ2n) is 13.0. The van der Waals surface area contributed by atoms with Crippen LogP contribution in [-0.2, 0) is 11.3 Å². The molecule has 6 fully saturated rings. The fourth-order valence-corrected chi connectivity index (χ4v) is 8.43. The lowest BCUT2D eigenvalue weighted by atomic mass is 9.50. The summed E-state index contributed by atoms with van der Waals surface area (Å²) in [4.78, 5) is 18.0. The van der Waals surface area contributed by atoms with E-state index in [1.54, 1.807) is 0 Å². The third-order valence-electron chi connectivity index (χ3n) is 10.1. The zero-order chi connectivity index (χ0) is 26.2. The first-order chi connectivity index (χ1) is 19.1. The smallest absolute Gasteiger partial charge is 0.255 e. The minimum Gasteiger partial charge on any atom is -0.380 e. The monoisotopic (exact) mass is 523 g/mol. The van der Waals surface area contributed by atoms with Gasteiger partial charge in [0, 0.05) is 67.6 Å². The summed E-state index contributed by atoms with van der Waals surface area (Å²) in [7, 11) is 0. The summed E-state index contributed by atoms with van der Waals surface area (Å²) in [5.41, 5.74) is 4.08. The van der Waals surface area contributed by atoms with Gasteiger partial charge in [0.2, 0.25) is 0 Å². The van der Waals surface area contributed by atoms with Crippen LogP contribution in [0.1, 0.15) is 66.4 Å². The first-order valence-electron chi connectivity index (χ1n) is 15.2. The standard InChI is InChI=1S/C34H41N3O2/c38-33(30-5-1-26(2-6-30)23-36-12-14-37(15-13-36)32-10-16-39-24-32)35-31-7-3-25(4-8-31)9-11-34-20-27-17-28(21-34)19-29(18-27)22-34/h1-8,27-29,32H,10,12-24H2,(H,35,38). The lowest BCUT2D eigenvalue weighted by Crippen LogP contribution is -2.50. The second-order valence-corrected chi connectivity index (χ2v) is 13.0. The Kier molecular flexibility index (Phi) is 6.97. The predicted octanol–water partition coefficient (Wildman–Crippen LogP) is 5.41. The number of anilines is 1. The Bertz CT molecular complexity index is 1190. The van der Waals surface area contributed by atoms with E-state index < -0.39 is 0 Å². The number of nitrogens with zero attached hydrogens (tertiary/aromatic N) is 2. The van der Waals surface area contributed by atoms with E-state index in [1.165, 1.54) is 50.5 Å². The average molecular weight is 524 g/mol. The number of carbonyl (C=O) groups is 1. The lowest BCUT2D eigenvalue weighted by Gasteiger charge is -2.54. The maximum atomic E-state index is 12.9. The normalized spacial score (nSPS) is 32.1. The van der Waals surface area contributed by atoms with Crippen molar-refractivity contribution in [3.63, 3.8) is 0 Å². The number of hydrogen-bond acceptors (Lipinski definition) is 4. The minimum absolute atomic E-state index is 0.0682. The molecular weight excluding hydrogens is 482 g/mol. The summed E-state index contributed by atoms with van der Waals surface area (Å²) in [6.07, 6.45) is 9.46. The maximum absolute atomic E-state index is 12.9. The summed E-state index contributed by atoms with van der Waals surface area (Å²) >= 11 is 0. The number of hydrogen-bond donors (Lipinski definition) is 1. The number of nitrogens with one attached hydrogen (secondary N) is 1. The molecule has 1 N–H and O–H groups in total. The van der Waals surface area contributed by atoms with Crippen LogP contribution < -0.4 is 5.32 Å². The van der Waals surface area contributed by atoms with Gasteiger partial charge in [-0.15, -0.1) is 0 Å². The van der Waals surface area contributed by atoms with Crippen LogP contribution in [0.4, 0.5) is 5.69 Å². The number of benzene rings is 2. The van der Waals surface area contributed by atoms with E-state index in [2.05, 4.69) is 39.1 Å². The number of rotatable bonds is 5. The highest BCUT2D eigenvalue weighted by atomic mass is 16.5. The Labute approximate surface area is 233 Å². The van der Waals surface area contributed by atoms with Gasteiger partial charge < -0.3 is 10.1 Å². The summed E-state index contributed by atoms with van der Waals surface area (Å²) in [6.45, 7) is 7.13. The van der Waals surface area contributed by atoms with Gasteiger partial charge in [-0.3, -0.25) is 14.6 Å². The van der Waals surface area contributed by atoms with Crippen LogP contribution in [0.5, 0.6) is 0 Å². The van der Waals surface area contributed by atoms with E-state index in [1.807, 2.05) is 36.4 Å². The SMILES string of the molecule is O=C(Nc1ccc(C#CC23CC4CC(CC(C4)C2)C3)cc1)c1ccc(CN2CCN(C3CCOC3)CC2)cc1. The first-order valence-corrected chi connectivity index (χ1v) is 15.2. The van der Waals surface area contributed by atoms with Crippen molar-refractivity contribution >= 4 is 11.6 Å². The van der Waals surface area contributed by atoms with Crippen LogP contribution in [0.15, 0.2) is 48.5 Å². The molecule has 0 radical (unpaired) electrons. The van der Waals surface area contributed by atoms with Gasteiger partial charge in [0.05, 0.1) is 6.61 Å². The molecule has 4 bridgehead atoms. The first kappa shape index (κ1) is 25.3. The van der Waals surface area contributed by atoms with Gasteiger partial charge in [-0.05, 0) is 105 Å². The molecule has 4 saturated carbocycles. The van der Waals surface area contributed by atoms with Gasteiger partial charge >= 0.3 is 0 Å². The second kappa shape index (κ2) is 10.7. The molecule has 2 aromatic carbocycles. The third-order valence-corrected chi connectivity index (χ3v) is 10.1. The molecule has 4 aliphatic carbocycles. The molecule has 2 aromatic rings. The molecular formula is C34H41N3O2. The molecule has 2 aliphatic heterocycles. The highest BCUT2D eigenvalue weighted by Gasteiger charge is 2.50. The molecule has 204 valence electrons. The molecule has 1 unspecified atom stereocenters. The largest absolute Gasteiger partial charge is 0.380 e. The van der Waals surface area contributed by atoms with Crippen LogP contribution in [0.25, 0.3) is 0 Å². The fraction of sp³-hybridized carbons (Fsp3) is 0.559. The zero-order valence-electron chi connectivity index (χ0n) is 23.0. The molecule has 6 aliphatic rings. The number of amides is 1. The van der Waals surface area contributed by atoms with Crippen molar-refractivity contribution in [1.29, 1.82) is 0 Å². The van der Waals surface area contributed by atoms with Crippen molar-refractivity contribution in [2.75, 3.05) is 44.7 Å². The van der Waals surface area contributed by atoms with Crippen molar-refractivity contribution in [1.82, 2.24) is 9.80 Å². The van der Waals surface area contributed by atoms with Crippen molar-refractivity contribution in [2.45, 2.75) is 57.5 Å². The molecule has 1 atom stereocenters. The Morgan fingerprint density at radius 2 is 1.56 bits per heavy atom. The predicted molar refractivity (Wildman–Crippen MR) is 154 cm³/mol. The number of piperazine rings is 1. The van der Waals surface area contributed by atoms with Gasteiger partial charge in [0.25, 0.3) is 5.91 Å². The minimum atomic E-state index is -0.0682. The highest BCUT2D eigenvalue weighted by Crippen LogP contribution is 2.59. The molecule has 39 heavy (non-hydrogen) atoms. The molecule has 0 aromatic heterocycles. The number of ether oxygens (including phenoxy) is 1. The molecule has 2 heterocycles. The van der Waals surface area contributed by atoms with Crippen LogP contribution >= 0.6 is 0 Å². The van der Waals surface area contributed by atoms with Crippen LogP contribution in [0.2, 0.25) is 0 Å². The van der Waals surface area contributed by atoms with E-state index in [0.29, 0.717) is 11.6 Å². The van der Waals surface area contributed by atoms with E-state index >= 15 is 0 Å². The molecule has 1 amide bonds. The van der Waals surface area contributed by atoms with E-state index in [9.17, 15) is 4.79 Å². The average Bonchev–Trinajstić information content (AvgIpc) is 3.48. The maximum Gasteiger partial charge on any atom is 0.255 e. The zero-order valence-corrected chi connectivity index (χ0v) is 23.0. The van der Waals surface area contributed by atoms with E-state index in [4.69, 9.17) is 4.74 Å². The summed E-state index contributed by atoms with van der Waals surface area (Å²) in [5.74, 6) is 9.92. The quantitative estimate of drug-likeness (QED) is 0.532. The van der Waals surface area contributed by atoms with Crippen LogP contribution in [0, 0.1) is 35.0 Å². The van der Waals surface area contributed by atoms with E-state index in [-0.39, 0.29) is 11.3 Å². The van der Waals surface area contributed by atoms with Crippen LogP contribution in [-0.4, -0.2) is 61.1 Å². The molecule has 0 spiro atoms. The Balaban J connectivity index is 0.908. The number of carbonyl (C=O) groups excluding carboxylic acids is 1. The Hall–Kier alpha value is -2.65. The summed E-state index contributed by atoms with van der Waals surface area (Å²) < 4.78 is 5.56. The molecule has 8 rings (SSSR count).